The molecule has 1 saturated carbocycles. The van der Waals surface area contributed by atoms with Crippen LogP contribution in [0, 0.1) is 5.41 Å². The minimum absolute atomic E-state index is 0.195. The van der Waals surface area contributed by atoms with Crippen molar-refractivity contribution in [1.82, 2.24) is 5.32 Å². The van der Waals surface area contributed by atoms with E-state index in [0.717, 1.165) is 0 Å². The number of nitrogens with one attached hydrogen (secondary N) is 1. The van der Waals surface area contributed by atoms with E-state index < -0.39 is 16.9 Å². The van der Waals surface area contributed by atoms with Crippen molar-refractivity contribution < 1.29 is 19.0 Å². The fourth-order valence-corrected chi connectivity index (χ4v) is 3.24. The third-order valence-electron chi connectivity index (χ3n) is 4.66. The Hall–Kier alpha value is -0.260. The Kier molecular flexibility index (Phi) is 3.45. The van der Waals surface area contributed by atoms with E-state index in [1.807, 2.05) is 0 Å². The molecular formula is C12H21F2NO2. The minimum Gasteiger partial charge on any atom is -0.396 e. The summed E-state index contributed by atoms with van der Waals surface area (Å²) in [5.74, 6) is -2.62. The Balaban J connectivity index is 2.14. The number of piperidine rings is 1. The highest BCUT2D eigenvalue weighted by Gasteiger charge is 2.54. The quantitative estimate of drug-likeness (QED) is 0.691. The zero-order valence-corrected chi connectivity index (χ0v) is 10.0. The Labute approximate surface area is 100 Å². The molecular weight excluding hydrogens is 228 g/mol. The molecule has 100 valence electrons. The number of alkyl halides is 2. The first-order chi connectivity index (χ1) is 7.93. The molecule has 2 fully saturated rings. The summed E-state index contributed by atoms with van der Waals surface area (Å²) in [6.07, 6.45) is 1.07. The molecule has 0 bridgehead atoms. The number of aliphatic hydroxyl groups excluding tert-OH is 1. The Bertz CT molecular complexity index is 268. The highest BCUT2D eigenvalue weighted by molar-refractivity contribution is 5.04. The Morgan fingerprint density at radius 2 is 1.47 bits per heavy atom. The SMILES string of the molecule is OCC1(C2(O)CCNCC2)CCC(F)(F)CC1. The van der Waals surface area contributed by atoms with E-state index >= 15 is 0 Å². The van der Waals surface area contributed by atoms with Crippen molar-refractivity contribution in [2.75, 3.05) is 19.7 Å². The molecule has 0 spiro atoms. The van der Waals surface area contributed by atoms with Crippen LogP contribution < -0.4 is 5.32 Å². The topological polar surface area (TPSA) is 52.5 Å². The molecule has 0 aromatic carbocycles. The fraction of sp³-hybridized carbons (Fsp3) is 1.00. The monoisotopic (exact) mass is 249 g/mol. The van der Waals surface area contributed by atoms with E-state index in [2.05, 4.69) is 5.32 Å². The predicted octanol–water partition coefficient (Wildman–Crippen LogP) is 1.29. The lowest BCUT2D eigenvalue weighted by molar-refractivity contribution is -0.174. The Morgan fingerprint density at radius 3 is 1.94 bits per heavy atom. The van der Waals surface area contributed by atoms with Crippen molar-refractivity contribution >= 4 is 0 Å². The van der Waals surface area contributed by atoms with Crippen molar-refractivity contribution in [2.24, 2.45) is 5.41 Å². The molecule has 0 aromatic heterocycles. The fourth-order valence-electron chi connectivity index (χ4n) is 3.24. The molecule has 0 atom stereocenters. The molecule has 5 heteroatoms. The molecule has 17 heavy (non-hydrogen) atoms. The third-order valence-corrected chi connectivity index (χ3v) is 4.66. The van der Waals surface area contributed by atoms with Crippen molar-refractivity contribution in [1.29, 1.82) is 0 Å². The molecule has 0 amide bonds. The molecule has 1 aliphatic heterocycles. The second-order valence-electron chi connectivity index (χ2n) is 5.58. The summed E-state index contributed by atoms with van der Waals surface area (Å²) >= 11 is 0. The highest BCUT2D eigenvalue weighted by Crippen LogP contribution is 2.51. The number of halogens is 2. The summed E-state index contributed by atoms with van der Waals surface area (Å²) in [4.78, 5) is 0. The maximum absolute atomic E-state index is 13.2. The summed E-state index contributed by atoms with van der Waals surface area (Å²) in [5, 5.41) is 23.4. The lowest BCUT2D eigenvalue weighted by Crippen LogP contribution is -2.58. The number of hydrogen-bond acceptors (Lipinski definition) is 3. The molecule has 0 radical (unpaired) electrons. The molecule has 0 aromatic rings. The van der Waals surface area contributed by atoms with Gasteiger partial charge in [-0.2, -0.15) is 0 Å². The number of aliphatic hydroxyl groups is 2. The van der Waals surface area contributed by atoms with Crippen molar-refractivity contribution in [3.8, 4) is 0 Å². The molecule has 1 heterocycles. The van der Waals surface area contributed by atoms with Crippen LogP contribution in [-0.4, -0.2) is 41.4 Å². The van der Waals surface area contributed by atoms with Gasteiger partial charge in [0.05, 0.1) is 12.2 Å². The first-order valence-corrected chi connectivity index (χ1v) is 6.35. The van der Waals surface area contributed by atoms with Crippen LogP contribution in [0.3, 0.4) is 0 Å². The molecule has 3 N–H and O–H groups in total. The van der Waals surface area contributed by atoms with Crippen LogP contribution in [0.5, 0.6) is 0 Å². The first kappa shape index (κ1) is 13.2. The maximum Gasteiger partial charge on any atom is 0.248 e. The average molecular weight is 249 g/mol. The summed E-state index contributed by atoms with van der Waals surface area (Å²) in [6.45, 7) is 1.18. The van der Waals surface area contributed by atoms with Crippen LogP contribution in [0.4, 0.5) is 8.78 Å². The van der Waals surface area contributed by atoms with Gasteiger partial charge >= 0.3 is 0 Å². The van der Waals surface area contributed by atoms with Gasteiger partial charge in [0.25, 0.3) is 0 Å². The largest absolute Gasteiger partial charge is 0.396 e. The highest BCUT2D eigenvalue weighted by atomic mass is 19.3. The van der Waals surface area contributed by atoms with E-state index in [9.17, 15) is 19.0 Å². The predicted molar refractivity (Wildman–Crippen MR) is 60.0 cm³/mol. The van der Waals surface area contributed by atoms with E-state index in [-0.39, 0.29) is 32.3 Å². The van der Waals surface area contributed by atoms with E-state index in [1.54, 1.807) is 0 Å². The summed E-state index contributed by atoms with van der Waals surface area (Å²) in [6, 6.07) is 0. The smallest absolute Gasteiger partial charge is 0.248 e. The zero-order valence-electron chi connectivity index (χ0n) is 10.0. The molecule has 2 aliphatic rings. The molecule has 2 rings (SSSR count). The van der Waals surface area contributed by atoms with Gasteiger partial charge in [-0.3, -0.25) is 0 Å². The molecule has 0 unspecified atom stereocenters. The van der Waals surface area contributed by atoms with Crippen LogP contribution in [0.2, 0.25) is 0 Å². The molecule has 1 aliphatic carbocycles. The summed E-state index contributed by atoms with van der Waals surface area (Å²) in [7, 11) is 0. The standard InChI is InChI=1S/C12H21F2NO2/c13-12(14)3-1-10(9-16,2-4-12)11(17)5-7-15-8-6-11/h15-17H,1-9H2. The van der Waals surface area contributed by atoms with Crippen LogP contribution in [0.15, 0.2) is 0 Å². The molecule has 3 nitrogen and oxygen atoms in total. The zero-order chi connectivity index (χ0) is 12.6. The minimum atomic E-state index is -2.62. The van der Waals surface area contributed by atoms with Gasteiger partial charge in [0.1, 0.15) is 0 Å². The first-order valence-electron chi connectivity index (χ1n) is 6.35. The van der Waals surface area contributed by atoms with E-state index in [1.165, 1.54) is 0 Å². The van der Waals surface area contributed by atoms with Gasteiger partial charge in [-0.25, -0.2) is 8.78 Å². The van der Waals surface area contributed by atoms with Gasteiger partial charge in [-0.05, 0) is 38.8 Å². The van der Waals surface area contributed by atoms with Crippen molar-refractivity contribution in [3.63, 3.8) is 0 Å². The van der Waals surface area contributed by atoms with Crippen LogP contribution in [-0.2, 0) is 0 Å². The number of rotatable bonds is 2. The lowest BCUT2D eigenvalue weighted by atomic mass is 9.60. The Morgan fingerprint density at radius 1 is 0.941 bits per heavy atom. The van der Waals surface area contributed by atoms with Crippen molar-refractivity contribution in [2.45, 2.75) is 50.0 Å². The average Bonchev–Trinajstić information content (AvgIpc) is 2.30. The van der Waals surface area contributed by atoms with Gasteiger partial charge < -0.3 is 15.5 Å². The van der Waals surface area contributed by atoms with E-state index in [0.29, 0.717) is 25.9 Å². The summed E-state index contributed by atoms with van der Waals surface area (Å²) in [5.41, 5.74) is -1.71. The lowest BCUT2D eigenvalue weighted by Gasteiger charge is -2.51. The van der Waals surface area contributed by atoms with Crippen molar-refractivity contribution in [3.05, 3.63) is 0 Å². The van der Waals surface area contributed by atoms with Gasteiger partial charge in [0.15, 0.2) is 0 Å². The van der Waals surface area contributed by atoms with Crippen LogP contribution in [0.1, 0.15) is 38.5 Å². The van der Waals surface area contributed by atoms with E-state index in [4.69, 9.17) is 0 Å². The third kappa shape index (κ3) is 2.33. The van der Waals surface area contributed by atoms with Gasteiger partial charge in [0.2, 0.25) is 5.92 Å². The van der Waals surface area contributed by atoms with Crippen LogP contribution in [0.25, 0.3) is 0 Å². The van der Waals surface area contributed by atoms with Gasteiger partial charge in [0, 0.05) is 18.3 Å². The maximum atomic E-state index is 13.2. The molecule has 1 saturated heterocycles. The van der Waals surface area contributed by atoms with Gasteiger partial charge in [-0.15, -0.1) is 0 Å². The summed E-state index contributed by atoms with van der Waals surface area (Å²) < 4.78 is 26.4. The van der Waals surface area contributed by atoms with Crippen LogP contribution >= 0.6 is 0 Å². The second kappa shape index (κ2) is 4.44. The number of hydrogen-bond donors (Lipinski definition) is 3. The second-order valence-corrected chi connectivity index (χ2v) is 5.58. The van der Waals surface area contributed by atoms with Gasteiger partial charge in [-0.1, -0.05) is 0 Å². The normalized spacial score (nSPS) is 31.1.